The van der Waals surface area contributed by atoms with Gasteiger partial charge in [-0.1, -0.05) is 18.5 Å². The van der Waals surface area contributed by atoms with E-state index in [1.165, 1.54) is 18.1 Å². The molecule has 1 aliphatic carbocycles. The van der Waals surface area contributed by atoms with Crippen LogP contribution in [0.25, 0.3) is 16.9 Å². The summed E-state index contributed by atoms with van der Waals surface area (Å²) in [6, 6.07) is 5.42. The van der Waals surface area contributed by atoms with Gasteiger partial charge < -0.3 is 29.4 Å². The van der Waals surface area contributed by atoms with Crippen molar-refractivity contribution in [1.82, 2.24) is 34.4 Å². The standard InChI is InChI=1S/C36H35ClF3N9O5/c1-5-24-30(46-12-13-47(26-9-8-25(26)46)35(53)28-31(51)18(2)16-42-34(28)54-4)32(52)29-33(45-49(44-29)21-10-11-41-19(3)14-21)48(24)17-27(50)43-23-7-6-20(15-22(23)37)36(38,39)40/h6-7,10-11,14-16,25-26H,5,8-9,12-13,17H2,1-4H3,(H,42,51)(H,43,50)/t25-,26-/m0/s1. The highest BCUT2D eigenvalue weighted by atomic mass is 35.5. The van der Waals surface area contributed by atoms with Gasteiger partial charge in [0.05, 0.1) is 35.1 Å². The highest BCUT2D eigenvalue weighted by Gasteiger charge is 2.47. The second-order valence-electron chi connectivity index (χ2n) is 13.2. The van der Waals surface area contributed by atoms with Crippen molar-refractivity contribution in [3.8, 4) is 11.6 Å². The monoisotopic (exact) mass is 765 g/mol. The number of fused-ring (bicyclic) bond motifs is 2. The van der Waals surface area contributed by atoms with Gasteiger partial charge in [-0.05, 0) is 63.4 Å². The third kappa shape index (κ3) is 6.35. The molecule has 0 spiro atoms. The fraction of sp³-hybridized carbons (Fsp3) is 0.361. The number of aromatic nitrogens is 6. The van der Waals surface area contributed by atoms with Gasteiger partial charge >= 0.3 is 6.18 Å². The number of amides is 2. The maximum atomic E-state index is 14.5. The molecule has 1 saturated heterocycles. The molecule has 1 aromatic carbocycles. The second kappa shape index (κ2) is 13.9. The number of H-pyrrole nitrogens is 1. The number of carbonyl (C=O) groups is 2. The molecule has 14 nitrogen and oxygen atoms in total. The number of aromatic amines is 1. The SMILES string of the molecule is CCc1c(N2CCN(C(=O)c3c(OC)[nH]cc(C)c3=O)[C@H]3CC[C@@H]32)c(=O)c2nn(-c3ccnc(C)c3)nc2n1CC(=O)Nc1ccc(C(F)(F)F)cc1Cl. The number of carbonyl (C=O) groups excluding carboxylic acids is 2. The van der Waals surface area contributed by atoms with Gasteiger partial charge in [-0.3, -0.25) is 24.2 Å². The summed E-state index contributed by atoms with van der Waals surface area (Å²) < 4.78 is 46.7. The van der Waals surface area contributed by atoms with Crippen molar-refractivity contribution in [2.45, 2.75) is 64.8 Å². The summed E-state index contributed by atoms with van der Waals surface area (Å²) in [4.78, 5) is 67.2. The Morgan fingerprint density at radius 2 is 1.81 bits per heavy atom. The molecule has 0 unspecified atom stereocenters. The number of hydrogen-bond acceptors (Lipinski definition) is 9. The van der Waals surface area contributed by atoms with Crippen LogP contribution in [0.5, 0.6) is 5.88 Å². The molecule has 0 radical (unpaired) electrons. The van der Waals surface area contributed by atoms with Crippen molar-refractivity contribution in [2.24, 2.45) is 0 Å². The van der Waals surface area contributed by atoms with Crippen molar-refractivity contribution in [1.29, 1.82) is 0 Å². The molecule has 4 aromatic heterocycles. The van der Waals surface area contributed by atoms with E-state index in [-0.39, 0.29) is 71.5 Å². The Kier molecular flexibility index (Phi) is 9.45. The van der Waals surface area contributed by atoms with E-state index in [2.05, 4.69) is 25.5 Å². The van der Waals surface area contributed by atoms with Gasteiger partial charge in [0.15, 0.2) is 11.2 Å². The maximum absolute atomic E-state index is 14.5. The van der Waals surface area contributed by atoms with E-state index in [9.17, 15) is 32.3 Å². The molecule has 5 heterocycles. The van der Waals surface area contributed by atoms with Crippen LogP contribution in [0.4, 0.5) is 24.5 Å². The largest absolute Gasteiger partial charge is 0.482 e. The summed E-state index contributed by atoms with van der Waals surface area (Å²) in [6.45, 7) is 5.26. The number of hydrogen-bond donors (Lipinski definition) is 2. The summed E-state index contributed by atoms with van der Waals surface area (Å²) in [7, 11) is 1.37. The number of halogens is 4. The van der Waals surface area contributed by atoms with E-state index in [1.54, 1.807) is 41.6 Å². The predicted molar refractivity (Wildman–Crippen MR) is 194 cm³/mol. The summed E-state index contributed by atoms with van der Waals surface area (Å²) in [5.41, 5.74) is 0.535. The summed E-state index contributed by atoms with van der Waals surface area (Å²) >= 11 is 6.16. The van der Waals surface area contributed by atoms with Crippen LogP contribution in [0.1, 0.15) is 52.6 Å². The zero-order chi connectivity index (χ0) is 38.6. The molecule has 2 aliphatic rings. The fourth-order valence-corrected chi connectivity index (χ4v) is 7.46. The van der Waals surface area contributed by atoms with Crippen molar-refractivity contribution >= 4 is 46.0 Å². The van der Waals surface area contributed by atoms with Crippen LogP contribution in [-0.4, -0.2) is 78.5 Å². The molecule has 54 heavy (non-hydrogen) atoms. The van der Waals surface area contributed by atoms with E-state index in [1.807, 2.05) is 11.8 Å². The quantitative estimate of drug-likeness (QED) is 0.229. The molecule has 18 heteroatoms. The minimum Gasteiger partial charge on any atom is -0.482 e. The zero-order valence-electron chi connectivity index (χ0n) is 29.6. The van der Waals surface area contributed by atoms with E-state index in [0.717, 1.165) is 18.2 Å². The lowest BCUT2D eigenvalue weighted by Gasteiger charge is -2.54. The van der Waals surface area contributed by atoms with Gasteiger partial charge in [-0.15, -0.1) is 15.0 Å². The molecular formula is C36H35ClF3N9O5. The third-order valence-corrected chi connectivity index (χ3v) is 10.3. The average Bonchev–Trinajstić information content (AvgIpc) is 3.57. The van der Waals surface area contributed by atoms with Crippen LogP contribution >= 0.6 is 11.6 Å². The molecule has 2 N–H and O–H groups in total. The molecule has 282 valence electrons. The normalized spacial score (nSPS) is 17.0. The maximum Gasteiger partial charge on any atom is 0.416 e. The molecular weight excluding hydrogens is 731 g/mol. The molecule has 1 aliphatic heterocycles. The minimum absolute atomic E-state index is 0.0116. The first-order valence-corrected chi connectivity index (χ1v) is 17.6. The van der Waals surface area contributed by atoms with Gasteiger partial charge in [0, 0.05) is 48.5 Å². The lowest BCUT2D eigenvalue weighted by Crippen LogP contribution is -2.67. The molecule has 1 saturated carbocycles. The smallest absolute Gasteiger partial charge is 0.416 e. The number of piperazine rings is 1. The van der Waals surface area contributed by atoms with Crippen molar-refractivity contribution in [3.05, 3.63) is 96.3 Å². The number of anilines is 2. The summed E-state index contributed by atoms with van der Waals surface area (Å²) in [5, 5.41) is 11.5. The number of nitrogens with one attached hydrogen (secondary N) is 2. The van der Waals surface area contributed by atoms with E-state index in [0.29, 0.717) is 41.2 Å². The highest BCUT2D eigenvalue weighted by molar-refractivity contribution is 6.33. The van der Waals surface area contributed by atoms with Crippen LogP contribution in [0.15, 0.2) is 52.3 Å². The van der Waals surface area contributed by atoms with Crippen LogP contribution < -0.4 is 25.8 Å². The molecule has 0 bridgehead atoms. The van der Waals surface area contributed by atoms with Gasteiger partial charge in [0.2, 0.25) is 22.6 Å². The van der Waals surface area contributed by atoms with E-state index in [4.69, 9.17) is 16.3 Å². The van der Waals surface area contributed by atoms with Crippen LogP contribution in [-0.2, 0) is 23.9 Å². The number of aryl methyl sites for hydroxylation is 2. The Hall–Kier alpha value is -5.71. The zero-order valence-corrected chi connectivity index (χ0v) is 30.4. The number of benzene rings is 1. The first-order chi connectivity index (χ1) is 25.7. The topological polar surface area (TPSA) is 160 Å². The number of alkyl halides is 3. The Labute approximate surface area is 310 Å². The van der Waals surface area contributed by atoms with Crippen LogP contribution in [0.3, 0.4) is 0 Å². The number of methoxy groups -OCH3 is 1. The average molecular weight is 766 g/mol. The first kappa shape index (κ1) is 36.6. The number of pyridine rings is 3. The molecule has 2 atom stereocenters. The highest BCUT2D eigenvalue weighted by Crippen LogP contribution is 2.39. The fourth-order valence-electron chi connectivity index (χ4n) is 7.23. The second-order valence-corrected chi connectivity index (χ2v) is 13.6. The Morgan fingerprint density at radius 1 is 1.06 bits per heavy atom. The number of rotatable bonds is 8. The minimum atomic E-state index is -4.62. The molecule has 2 fully saturated rings. The van der Waals surface area contributed by atoms with Crippen LogP contribution in [0, 0.1) is 13.8 Å². The van der Waals surface area contributed by atoms with Gasteiger partial charge in [0.25, 0.3) is 5.91 Å². The third-order valence-electron chi connectivity index (χ3n) is 9.98. The van der Waals surface area contributed by atoms with Crippen molar-refractivity contribution < 1.29 is 27.5 Å². The Bertz CT molecular complexity index is 2440. The van der Waals surface area contributed by atoms with Crippen molar-refractivity contribution in [2.75, 3.05) is 30.4 Å². The van der Waals surface area contributed by atoms with Gasteiger partial charge in [-0.25, -0.2) is 0 Å². The van der Waals surface area contributed by atoms with Gasteiger partial charge in [-0.2, -0.15) is 13.2 Å². The molecule has 2 amide bonds. The Morgan fingerprint density at radius 3 is 2.46 bits per heavy atom. The van der Waals surface area contributed by atoms with E-state index < -0.39 is 34.4 Å². The lowest BCUT2D eigenvalue weighted by molar-refractivity contribution is -0.137. The molecule has 5 aromatic rings. The van der Waals surface area contributed by atoms with Gasteiger partial charge in [0.1, 0.15) is 17.8 Å². The molecule has 7 rings (SSSR count). The number of ether oxygens (including phenoxy) is 1. The van der Waals surface area contributed by atoms with Crippen LogP contribution in [0.2, 0.25) is 5.02 Å². The lowest BCUT2D eigenvalue weighted by atomic mass is 9.81. The van der Waals surface area contributed by atoms with E-state index >= 15 is 0 Å². The predicted octanol–water partition coefficient (Wildman–Crippen LogP) is 4.66. The summed E-state index contributed by atoms with van der Waals surface area (Å²) in [5.74, 6) is -1.03. The Balaban J connectivity index is 1.29. The number of nitrogens with zero attached hydrogens (tertiary/aromatic N) is 7. The van der Waals surface area contributed by atoms with Crippen molar-refractivity contribution in [3.63, 3.8) is 0 Å². The first-order valence-electron chi connectivity index (χ1n) is 17.2. The summed E-state index contributed by atoms with van der Waals surface area (Å²) in [6.07, 6.45) is -0.00536.